The lowest BCUT2D eigenvalue weighted by Crippen LogP contribution is -2.61. The number of rotatable bonds is 9. The summed E-state index contributed by atoms with van der Waals surface area (Å²) >= 11 is 0. The van der Waals surface area contributed by atoms with Crippen LogP contribution in [-0.4, -0.2) is 29.6 Å². The molecule has 0 radical (unpaired) electrons. The first-order valence-corrected chi connectivity index (χ1v) is 8.35. The van der Waals surface area contributed by atoms with Gasteiger partial charge in [-0.25, -0.2) is 0 Å². The molecule has 1 aliphatic carbocycles. The van der Waals surface area contributed by atoms with Crippen LogP contribution >= 0.6 is 0 Å². The van der Waals surface area contributed by atoms with Gasteiger partial charge in [0.05, 0.1) is 0 Å². The van der Waals surface area contributed by atoms with Crippen molar-refractivity contribution in [1.82, 2.24) is 10.3 Å². The molecule has 2 unspecified atom stereocenters. The van der Waals surface area contributed by atoms with Gasteiger partial charge in [0.2, 0.25) is 0 Å². The summed E-state index contributed by atoms with van der Waals surface area (Å²) in [6, 6.07) is 0.441. The Hall–Kier alpha value is -0.120. The van der Waals surface area contributed by atoms with E-state index in [9.17, 15) is 0 Å². The van der Waals surface area contributed by atoms with E-state index in [1.54, 1.807) is 0 Å². The molecule has 1 fully saturated rings. The first-order chi connectivity index (χ1) is 9.14. The molecule has 1 aliphatic rings. The number of hydrazine groups is 1. The van der Waals surface area contributed by atoms with Crippen LogP contribution in [0.1, 0.15) is 72.6 Å². The van der Waals surface area contributed by atoms with Crippen LogP contribution in [0.25, 0.3) is 0 Å². The Morgan fingerprint density at radius 2 is 1.74 bits per heavy atom. The molecule has 0 spiro atoms. The first-order valence-electron chi connectivity index (χ1n) is 8.35. The van der Waals surface area contributed by atoms with Gasteiger partial charge in [0, 0.05) is 11.6 Å². The molecule has 3 nitrogen and oxygen atoms in total. The number of hydrogen-bond donors (Lipinski definition) is 2. The third-order valence-corrected chi connectivity index (χ3v) is 5.13. The number of likely N-dealkylation sites (N-methyl/N-ethyl adjacent to an activating group) is 1. The number of hydrogen-bond acceptors (Lipinski definition) is 3. The van der Waals surface area contributed by atoms with Gasteiger partial charge in [-0.05, 0) is 38.3 Å². The van der Waals surface area contributed by atoms with Crippen molar-refractivity contribution >= 4 is 0 Å². The van der Waals surface area contributed by atoms with Gasteiger partial charge in [0.15, 0.2) is 0 Å². The third-order valence-electron chi connectivity index (χ3n) is 5.13. The molecule has 0 saturated heterocycles. The summed E-state index contributed by atoms with van der Waals surface area (Å²) in [5.74, 6) is 6.72. The number of nitrogens with one attached hydrogen (secondary N) is 1. The lowest BCUT2D eigenvalue weighted by atomic mass is 9.80. The van der Waals surface area contributed by atoms with Gasteiger partial charge < -0.3 is 0 Å². The summed E-state index contributed by atoms with van der Waals surface area (Å²) < 4.78 is 0. The van der Waals surface area contributed by atoms with Crippen molar-refractivity contribution in [2.24, 2.45) is 11.8 Å². The largest absolute Gasteiger partial charge is 0.297 e. The summed E-state index contributed by atoms with van der Waals surface area (Å²) in [5, 5.41) is 0. The number of nitrogens with two attached hydrogens (primary N) is 1. The molecular weight excluding hydrogens is 234 g/mol. The predicted molar refractivity (Wildman–Crippen MR) is 83.9 cm³/mol. The van der Waals surface area contributed by atoms with E-state index in [2.05, 4.69) is 38.0 Å². The minimum absolute atomic E-state index is 0.306. The lowest BCUT2D eigenvalue weighted by Gasteiger charge is -2.46. The van der Waals surface area contributed by atoms with Crippen molar-refractivity contribution in [3.63, 3.8) is 0 Å². The van der Waals surface area contributed by atoms with Gasteiger partial charge in [-0.15, -0.1) is 0 Å². The first kappa shape index (κ1) is 16.9. The maximum Gasteiger partial charge on any atom is 0.0397 e. The summed E-state index contributed by atoms with van der Waals surface area (Å²) in [6.07, 6.45) is 9.13. The van der Waals surface area contributed by atoms with Crippen LogP contribution < -0.4 is 11.3 Å². The standard InChI is InChI=1S/C16H35N3/c1-5-10-14(4)13-15(18-17)16(11-8-9-12-16)19(6-2)7-3/h14-15,18H,5-13,17H2,1-4H3. The van der Waals surface area contributed by atoms with E-state index in [0.29, 0.717) is 11.6 Å². The average Bonchev–Trinajstić information content (AvgIpc) is 2.88. The quantitative estimate of drug-likeness (QED) is 0.498. The smallest absolute Gasteiger partial charge is 0.0397 e. The minimum Gasteiger partial charge on any atom is -0.297 e. The van der Waals surface area contributed by atoms with Crippen LogP contribution in [0.3, 0.4) is 0 Å². The van der Waals surface area contributed by atoms with E-state index in [4.69, 9.17) is 5.84 Å². The van der Waals surface area contributed by atoms with Crippen LogP contribution in [-0.2, 0) is 0 Å². The Morgan fingerprint density at radius 1 is 1.16 bits per heavy atom. The van der Waals surface area contributed by atoms with Gasteiger partial charge in [-0.2, -0.15) is 0 Å². The zero-order chi connectivity index (χ0) is 14.3. The fourth-order valence-electron chi connectivity index (χ4n) is 4.18. The van der Waals surface area contributed by atoms with E-state index in [-0.39, 0.29) is 0 Å². The topological polar surface area (TPSA) is 41.3 Å². The molecule has 114 valence electrons. The van der Waals surface area contributed by atoms with Gasteiger partial charge in [-0.1, -0.05) is 53.4 Å². The Balaban J connectivity index is 2.82. The van der Waals surface area contributed by atoms with Crippen molar-refractivity contribution in [1.29, 1.82) is 0 Å². The average molecular weight is 269 g/mol. The van der Waals surface area contributed by atoms with E-state index < -0.39 is 0 Å². The summed E-state index contributed by atoms with van der Waals surface area (Å²) in [5.41, 5.74) is 3.49. The summed E-state index contributed by atoms with van der Waals surface area (Å²) in [6.45, 7) is 11.5. The molecule has 0 aromatic carbocycles. The molecule has 1 saturated carbocycles. The second-order valence-electron chi connectivity index (χ2n) is 6.33. The van der Waals surface area contributed by atoms with Gasteiger partial charge in [0.1, 0.15) is 0 Å². The molecule has 0 bridgehead atoms. The lowest BCUT2D eigenvalue weighted by molar-refractivity contribution is 0.0533. The van der Waals surface area contributed by atoms with E-state index in [1.807, 2.05) is 0 Å². The van der Waals surface area contributed by atoms with Crippen molar-refractivity contribution < 1.29 is 0 Å². The maximum atomic E-state index is 5.95. The Labute approximate surface area is 120 Å². The molecule has 2 atom stereocenters. The van der Waals surface area contributed by atoms with E-state index in [0.717, 1.165) is 19.0 Å². The van der Waals surface area contributed by atoms with E-state index in [1.165, 1.54) is 44.9 Å². The molecular formula is C16H35N3. The summed E-state index contributed by atoms with van der Waals surface area (Å²) in [4.78, 5) is 2.66. The second-order valence-corrected chi connectivity index (χ2v) is 6.33. The SMILES string of the molecule is CCCC(C)CC(NN)C1(N(CC)CC)CCCC1. The highest BCUT2D eigenvalue weighted by Crippen LogP contribution is 2.40. The number of nitrogens with zero attached hydrogens (tertiary/aromatic N) is 1. The van der Waals surface area contributed by atoms with Gasteiger partial charge >= 0.3 is 0 Å². The van der Waals surface area contributed by atoms with Gasteiger partial charge in [-0.3, -0.25) is 16.2 Å². The molecule has 0 amide bonds. The molecule has 0 aromatic rings. The fourth-order valence-corrected chi connectivity index (χ4v) is 4.18. The highest BCUT2D eigenvalue weighted by atomic mass is 15.3. The van der Waals surface area contributed by atoms with Crippen molar-refractivity contribution in [3.8, 4) is 0 Å². The monoisotopic (exact) mass is 269 g/mol. The van der Waals surface area contributed by atoms with Crippen LogP contribution in [0, 0.1) is 5.92 Å². The van der Waals surface area contributed by atoms with Crippen LogP contribution in [0.5, 0.6) is 0 Å². The zero-order valence-electron chi connectivity index (χ0n) is 13.5. The molecule has 3 heteroatoms. The third kappa shape index (κ3) is 3.93. The maximum absolute atomic E-state index is 5.95. The fraction of sp³-hybridized carbons (Fsp3) is 1.00. The molecule has 19 heavy (non-hydrogen) atoms. The molecule has 1 rings (SSSR count). The predicted octanol–water partition coefficient (Wildman–Crippen LogP) is 3.30. The van der Waals surface area contributed by atoms with Crippen molar-refractivity contribution in [2.45, 2.75) is 84.2 Å². The van der Waals surface area contributed by atoms with Crippen LogP contribution in [0.2, 0.25) is 0 Å². The highest BCUT2D eigenvalue weighted by molar-refractivity contribution is 5.03. The second kappa shape index (κ2) is 8.23. The summed E-state index contributed by atoms with van der Waals surface area (Å²) in [7, 11) is 0. The van der Waals surface area contributed by atoms with E-state index >= 15 is 0 Å². The Morgan fingerprint density at radius 3 is 2.16 bits per heavy atom. The Kier molecular flexibility index (Phi) is 7.33. The highest BCUT2D eigenvalue weighted by Gasteiger charge is 2.44. The van der Waals surface area contributed by atoms with Gasteiger partial charge in [0.25, 0.3) is 0 Å². The minimum atomic E-state index is 0.306. The van der Waals surface area contributed by atoms with Crippen molar-refractivity contribution in [2.75, 3.05) is 13.1 Å². The zero-order valence-corrected chi connectivity index (χ0v) is 13.5. The van der Waals surface area contributed by atoms with Crippen LogP contribution in [0.15, 0.2) is 0 Å². The normalized spacial score (nSPS) is 21.8. The van der Waals surface area contributed by atoms with Crippen LogP contribution in [0.4, 0.5) is 0 Å². The molecule has 0 aliphatic heterocycles. The molecule has 3 N–H and O–H groups in total. The van der Waals surface area contributed by atoms with Crippen molar-refractivity contribution in [3.05, 3.63) is 0 Å². The molecule has 0 heterocycles. The molecule has 0 aromatic heterocycles. The Bertz CT molecular complexity index is 232.